The van der Waals surface area contributed by atoms with E-state index in [1.807, 2.05) is 0 Å². The number of carbonyl (C=O) groups excluding carboxylic acids is 3. The summed E-state index contributed by atoms with van der Waals surface area (Å²) in [5.41, 5.74) is 3.13. The third-order valence-electron chi connectivity index (χ3n) is 7.91. The zero-order valence-corrected chi connectivity index (χ0v) is 26.6. The summed E-state index contributed by atoms with van der Waals surface area (Å²) in [5.74, 6) is -0.306. The number of rotatable bonds is 10. The van der Waals surface area contributed by atoms with Crippen molar-refractivity contribution in [2.24, 2.45) is 9.98 Å². The second-order valence-electron chi connectivity index (χ2n) is 11.1. The molecular weight excluding hydrogens is 592 g/mol. The van der Waals surface area contributed by atoms with Gasteiger partial charge in [-0.3, -0.25) is 29.0 Å². The third kappa shape index (κ3) is 7.31. The minimum Gasteiger partial charge on any atom is -0.342 e. The van der Waals surface area contributed by atoms with Gasteiger partial charge in [0.25, 0.3) is 11.5 Å². The van der Waals surface area contributed by atoms with Gasteiger partial charge in [0, 0.05) is 56.5 Å². The van der Waals surface area contributed by atoms with Crippen LogP contribution in [0.5, 0.6) is 0 Å². The maximum absolute atomic E-state index is 13.5. The van der Waals surface area contributed by atoms with Crippen LogP contribution in [-0.2, 0) is 9.59 Å². The minimum absolute atomic E-state index is 0.0385. The SMILES string of the molecule is C=N/C(=N\C=C(/C)C(=O)NO)N(C)CCN(C(C)=O)c1ccc(Nc2ncc3c(C)c(C(C)=O)c(=O)n(C4CCCC4)c3n2)nc1. The van der Waals surface area contributed by atoms with Gasteiger partial charge in [-0.1, -0.05) is 12.8 Å². The largest absolute Gasteiger partial charge is 0.342 e. The molecular formula is C31H38N10O5. The highest BCUT2D eigenvalue weighted by molar-refractivity contribution is 5.99. The van der Waals surface area contributed by atoms with Crippen molar-refractivity contribution >= 4 is 58.8 Å². The molecule has 2 amide bonds. The number of hydroxylamine groups is 1. The number of fused-ring (bicyclic) bond motifs is 1. The number of ketones is 1. The number of nitrogens with one attached hydrogen (secondary N) is 2. The highest BCUT2D eigenvalue weighted by Crippen LogP contribution is 2.32. The van der Waals surface area contributed by atoms with Crippen LogP contribution in [0.25, 0.3) is 11.0 Å². The molecule has 0 aromatic carbocycles. The molecule has 0 saturated heterocycles. The molecule has 242 valence electrons. The fourth-order valence-corrected chi connectivity index (χ4v) is 5.42. The summed E-state index contributed by atoms with van der Waals surface area (Å²) < 4.78 is 1.65. The van der Waals surface area contributed by atoms with Crippen molar-refractivity contribution < 1.29 is 19.6 Å². The zero-order chi connectivity index (χ0) is 33.5. The minimum atomic E-state index is -0.696. The number of aryl methyl sites for hydroxylation is 1. The van der Waals surface area contributed by atoms with Gasteiger partial charge in [0.1, 0.15) is 11.5 Å². The van der Waals surface area contributed by atoms with Gasteiger partial charge in [-0.2, -0.15) is 4.98 Å². The van der Waals surface area contributed by atoms with E-state index in [1.54, 1.807) is 48.0 Å². The molecule has 1 aliphatic rings. The second kappa shape index (κ2) is 14.6. The normalized spacial score (nSPS) is 13.9. The molecule has 3 heterocycles. The molecule has 1 fully saturated rings. The molecule has 0 radical (unpaired) electrons. The Labute approximate surface area is 265 Å². The number of pyridine rings is 2. The number of likely N-dealkylation sites (N-methyl/N-ethyl adjacent to an activating group) is 1. The summed E-state index contributed by atoms with van der Waals surface area (Å²) in [6.45, 7) is 10.2. The number of hydrogen-bond donors (Lipinski definition) is 3. The van der Waals surface area contributed by atoms with E-state index in [-0.39, 0.29) is 52.9 Å². The average Bonchev–Trinajstić information content (AvgIpc) is 3.56. The van der Waals surface area contributed by atoms with Gasteiger partial charge in [-0.25, -0.2) is 25.4 Å². The van der Waals surface area contributed by atoms with Crippen molar-refractivity contribution in [1.82, 2.24) is 29.9 Å². The number of aromatic nitrogens is 4. The van der Waals surface area contributed by atoms with E-state index in [0.717, 1.165) is 25.7 Å². The van der Waals surface area contributed by atoms with E-state index >= 15 is 0 Å². The number of anilines is 3. The first kappa shape index (κ1) is 33.6. The molecule has 0 atom stereocenters. The Morgan fingerprint density at radius 1 is 1.13 bits per heavy atom. The summed E-state index contributed by atoms with van der Waals surface area (Å²) in [4.78, 5) is 74.7. The van der Waals surface area contributed by atoms with Gasteiger partial charge >= 0.3 is 0 Å². The maximum Gasteiger partial charge on any atom is 0.271 e. The number of aliphatic imine (C=N–C) groups is 2. The van der Waals surface area contributed by atoms with Gasteiger partial charge < -0.3 is 15.1 Å². The van der Waals surface area contributed by atoms with Crippen LogP contribution in [-0.4, -0.2) is 80.0 Å². The smallest absolute Gasteiger partial charge is 0.271 e. The molecule has 0 unspecified atom stereocenters. The lowest BCUT2D eigenvalue weighted by atomic mass is 10.0. The van der Waals surface area contributed by atoms with E-state index in [2.05, 4.69) is 32.0 Å². The van der Waals surface area contributed by atoms with E-state index in [9.17, 15) is 19.2 Å². The topological polar surface area (TPSA) is 187 Å². The van der Waals surface area contributed by atoms with Crippen molar-refractivity contribution in [2.75, 3.05) is 30.4 Å². The number of Topliss-reactive ketones (excluding diaryl/α,β-unsaturated/α-hetero) is 1. The van der Waals surface area contributed by atoms with Gasteiger partial charge in [0.05, 0.1) is 17.4 Å². The lowest BCUT2D eigenvalue weighted by Crippen LogP contribution is -2.38. The third-order valence-corrected chi connectivity index (χ3v) is 7.91. The number of nitrogens with zero attached hydrogens (tertiary/aromatic N) is 8. The van der Waals surface area contributed by atoms with Crippen molar-refractivity contribution in [2.45, 2.75) is 59.4 Å². The predicted octanol–water partition coefficient (Wildman–Crippen LogP) is 3.31. The fourth-order valence-electron chi connectivity index (χ4n) is 5.42. The van der Waals surface area contributed by atoms with Crippen LogP contribution in [0.1, 0.15) is 68.4 Å². The molecule has 4 rings (SSSR count). The van der Waals surface area contributed by atoms with Gasteiger partial charge in [-0.05, 0) is 58.0 Å². The first-order valence-corrected chi connectivity index (χ1v) is 14.8. The van der Waals surface area contributed by atoms with Crippen LogP contribution < -0.4 is 21.3 Å². The van der Waals surface area contributed by atoms with Crippen molar-refractivity contribution in [3.8, 4) is 0 Å². The van der Waals surface area contributed by atoms with Gasteiger partial charge in [-0.15, -0.1) is 0 Å². The summed E-state index contributed by atoms with van der Waals surface area (Å²) in [5, 5.41) is 12.5. The Balaban J connectivity index is 1.54. The molecule has 0 spiro atoms. The Hall–Kier alpha value is -5.31. The predicted molar refractivity (Wildman–Crippen MR) is 175 cm³/mol. The Morgan fingerprint density at radius 2 is 1.85 bits per heavy atom. The van der Waals surface area contributed by atoms with Crippen molar-refractivity contribution in [3.63, 3.8) is 0 Å². The number of guanidine groups is 1. The summed E-state index contributed by atoms with van der Waals surface area (Å²) >= 11 is 0. The summed E-state index contributed by atoms with van der Waals surface area (Å²) in [6.07, 6.45) is 8.10. The molecule has 46 heavy (non-hydrogen) atoms. The lowest BCUT2D eigenvalue weighted by molar-refractivity contribution is -0.125. The Bertz CT molecular complexity index is 1770. The van der Waals surface area contributed by atoms with Crippen LogP contribution in [0.3, 0.4) is 0 Å². The highest BCUT2D eigenvalue weighted by atomic mass is 16.5. The van der Waals surface area contributed by atoms with E-state index in [1.165, 1.54) is 37.4 Å². The van der Waals surface area contributed by atoms with Gasteiger partial charge in [0.2, 0.25) is 17.8 Å². The second-order valence-corrected chi connectivity index (χ2v) is 11.1. The van der Waals surface area contributed by atoms with E-state index in [4.69, 9.17) is 10.2 Å². The van der Waals surface area contributed by atoms with Gasteiger partial charge in [0.15, 0.2) is 5.78 Å². The summed E-state index contributed by atoms with van der Waals surface area (Å²) in [7, 11) is 1.71. The van der Waals surface area contributed by atoms with Crippen LogP contribution in [0.2, 0.25) is 0 Å². The lowest BCUT2D eigenvalue weighted by Gasteiger charge is -2.25. The zero-order valence-electron chi connectivity index (χ0n) is 26.6. The van der Waals surface area contributed by atoms with Crippen LogP contribution in [0.4, 0.5) is 17.5 Å². The Kier molecular flexibility index (Phi) is 10.7. The van der Waals surface area contributed by atoms with Crippen molar-refractivity contribution in [3.05, 3.63) is 57.8 Å². The molecule has 1 aliphatic carbocycles. The first-order chi connectivity index (χ1) is 22.0. The first-order valence-electron chi connectivity index (χ1n) is 14.8. The number of carbonyl (C=O) groups is 3. The van der Waals surface area contributed by atoms with E-state index < -0.39 is 5.91 Å². The molecule has 3 aromatic heterocycles. The van der Waals surface area contributed by atoms with Crippen LogP contribution in [0, 0.1) is 6.92 Å². The summed E-state index contributed by atoms with van der Waals surface area (Å²) in [6, 6.07) is 3.38. The molecule has 1 saturated carbocycles. The van der Waals surface area contributed by atoms with E-state index in [0.29, 0.717) is 34.6 Å². The molecule has 3 N–H and O–H groups in total. The molecule has 15 nitrogen and oxygen atoms in total. The van der Waals surface area contributed by atoms with Crippen LogP contribution in [0.15, 0.2) is 51.1 Å². The maximum atomic E-state index is 13.5. The Morgan fingerprint density at radius 3 is 2.43 bits per heavy atom. The van der Waals surface area contributed by atoms with Crippen LogP contribution >= 0.6 is 0 Å². The number of hydrogen-bond acceptors (Lipinski definition) is 10. The fraction of sp³-hybridized carbons (Fsp3) is 0.387. The average molecular weight is 631 g/mol. The standard InChI is InChI=1S/C31H38N10O5/c1-18(28(44)38-46)15-35-31(32-5)39(6)13-14-40(21(4)43)23-11-12-25(33-16-23)36-30-34-17-24-19(2)26(20(3)42)29(45)41(27(24)37-30)22-9-7-8-10-22/h11-12,15-17,22,46H,5,7-10,13-14H2,1-4,6H3,(H,38,44)(H,33,34,36,37)/b18-15+,35-31+. The molecule has 15 heteroatoms. The molecule has 3 aromatic rings. The highest BCUT2D eigenvalue weighted by Gasteiger charge is 2.26. The monoisotopic (exact) mass is 630 g/mol. The number of amides is 2. The molecule has 0 aliphatic heterocycles. The molecule has 0 bridgehead atoms. The quantitative estimate of drug-likeness (QED) is 0.0749. The van der Waals surface area contributed by atoms with Crippen molar-refractivity contribution in [1.29, 1.82) is 0 Å².